The predicted octanol–water partition coefficient (Wildman–Crippen LogP) is 3.32. The largest absolute Gasteiger partial charge is 0.369 e. The lowest BCUT2D eigenvalue weighted by Crippen LogP contribution is -2.38. The summed E-state index contributed by atoms with van der Waals surface area (Å²) in [5.74, 6) is -0.0718. The van der Waals surface area contributed by atoms with Crippen molar-refractivity contribution in [2.75, 3.05) is 6.61 Å². The van der Waals surface area contributed by atoms with Crippen molar-refractivity contribution >= 4 is 5.91 Å². The van der Waals surface area contributed by atoms with Gasteiger partial charge in [0, 0.05) is 0 Å². The Morgan fingerprint density at radius 3 is 2.26 bits per heavy atom. The molecule has 0 aliphatic carbocycles. The zero-order valence-corrected chi connectivity index (χ0v) is 12.6. The molecule has 106 valence electrons. The number of rotatable bonds is 5. The molecule has 1 N–H and O–H groups in total. The molecule has 0 saturated carbocycles. The molecule has 3 heteroatoms. The number of carbonyl (C=O) groups is 1. The molecule has 0 saturated heterocycles. The number of carbonyl (C=O) groups excluding carboxylic acids is 1. The Labute approximate surface area is 116 Å². The van der Waals surface area contributed by atoms with Crippen molar-refractivity contribution in [3.05, 3.63) is 35.9 Å². The smallest absolute Gasteiger partial charge is 0.246 e. The van der Waals surface area contributed by atoms with Crippen LogP contribution in [-0.2, 0) is 9.53 Å². The molecule has 1 amide bonds. The molecule has 0 bridgehead atoms. The Hall–Kier alpha value is -1.35. The maximum absolute atomic E-state index is 11.9. The Balaban J connectivity index is 2.75. The minimum Gasteiger partial charge on any atom is -0.369 e. The molecule has 1 aromatic carbocycles. The molecule has 3 nitrogen and oxygen atoms in total. The van der Waals surface area contributed by atoms with Gasteiger partial charge in [-0.15, -0.1) is 0 Å². The molecule has 0 aliphatic heterocycles. The summed E-state index contributed by atoms with van der Waals surface area (Å²) >= 11 is 0. The molecular formula is C16H25NO2. The maximum Gasteiger partial charge on any atom is 0.246 e. The lowest BCUT2D eigenvalue weighted by Gasteiger charge is -2.32. The van der Waals surface area contributed by atoms with Crippen molar-refractivity contribution in [3.63, 3.8) is 0 Å². The van der Waals surface area contributed by atoms with Crippen LogP contribution in [0.2, 0.25) is 0 Å². The fourth-order valence-corrected chi connectivity index (χ4v) is 1.89. The van der Waals surface area contributed by atoms with Gasteiger partial charge in [0.25, 0.3) is 0 Å². The van der Waals surface area contributed by atoms with Crippen molar-refractivity contribution in [3.8, 4) is 0 Å². The van der Waals surface area contributed by atoms with Gasteiger partial charge >= 0.3 is 0 Å². The average molecular weight is 263 g/mol. The molecule has 1 unspecified atom stereocenters. The van der Waals surface area contributed by atoms with E-state index in [-0.39, 0.29) is 30.1 Å². The average Bonchev–Trinajstić information content (AvgIpc) is 2.33. The zero-order valence-electron chi connectivity index (χ0n) is 12.6. The van der Waals surface area contributed by atoms with Crippen molar-refractivity contribution < 1.29 is 9.53 Å². The van der Waals surface area contributed by atoms with E-state index in [1.807, 2.05) is 44.2 Å². The highest BCUT2D eigenvalue weighted by Gasteiger charge is 2.27. The van der Waals surface area contributed by atoms with Gasteiger partial charge in [-0.2, -0.15) is 0 Å². The molecule has 0 spiro atoms. The summed E-state index contributed by atoms with van der Waals surface area (Å²) < 4.78 is 5.34. The summed E-state index contributed by atoms with van der Waals surface area (Å²) in [7, 11) is 0. The highest BCUT2D eigenvalue weighted by molar-refractivity contribution is 5.77. The molecule has 1 atom stereocenters. The summed E-state index contributed by atoms with van der Waals surface area (Å²) in [5.41, 5.74) is 1.07. The molecule has 0 heterocycles. The first-order chi connectivity index (χ1) is 8.80. The molecular weight excluding hydrogens is 238 g/mol. The van der Waals surface area contributed by atoms with Gasteiger partial charge in [-0.25, -0.2) is 0 Å². The third kappa shape index (κ3) is 5.43. The number of ether oxygens (including phenoxy) is 1. The van der Waals surface area contributed by atoms with Crippen LogP contribution in [0.1, 0.15) is 46.2 Å². The third-order valence-corrected chi connectivity index (χ3v) is 2.85. The maximum atomic E-state index is 11.9. The van der Waals surface area contributed by atoms with E-state index in [9.17, 15) is 4.79 Å². The number of hydrogen-bond donors (Lipinski definition) is 1. The Morgan fingerprint density at radius 2 is 1.79 bits per heavy atom. The van der Waals surface area contributed by atoms with E-state index in [0.717, 1.165) is 5.56 Å². The fraction of sp³-hybridized carbons (Fsp3) is 0.562. The van der Waals surface area contributed by atoms with Crippen LogP contribution in [0.25, 0.3) is 0 Å². The molecule has 1 rings (SSSR count). The number of benzene rings is 1. The second-order valence-corrected chi connectivity index (χ2v) is 6.14. The lowest BCUT2D eigenvalue weighted by atomic mass is 9.82. The minimum absolute atomic E-state index is 0.0167. The van der Waals surface area contributed by atoms with E-state index in [0.29, 0.717) is 0 Å². The van der Waals surface area contributed by atoms with Crippen LogP contribution >= 0.6 is 0 Å². The summed E-state index contributed by atoms with van der Waals surface area (Å²) in [6.45, 7) is 10.3. The first kappa shape index (κ1) is 15.7. The number of nitrogens with one attached hydrogen (secondary N) is 1. The quantitative estimate of drug-likeness (QED) is 0.885. The minimum atomic E-state index is -0.0718. The summed E-state index contributed by atoms with van der Waals surface area (Å²) in [4.78, 5) is 11.9. The summed E-state index contributed by atoms with van der Waals surface area (Å²) in [6, 6.07) is 10.0. The van der Waals surface area contributed by atoms with E-state index in [1.165, 1.54) is 0 Å². The predicted molar refractivity (Wildman–Crippen MR) is 77.9 cm³/mol. The van der Waals surface area contributed by atoms with Crippen LogP contribution in [0.5, 0.6) is 0 Å². The van der Waals surface area contributed by atoms with Gasteiger partial charge in [0.2, 0.25) is 5.91 Å². The highest BCUT2D eigenvalue weighted by Crippen LogP contribution is 2.32. The van der Waals surface area contributed by atoms with Crippen LogP contribution in [0, 0.1) is 5.41 Å². The van der Waals surface area contributed by atoms with Gasteiger partial charge in [-0.3, -0.25) is 4.79 Å². The van der Waals surface area contributed by atoms with Gasteiger partial charge in [0.1, 0.15) is 6.61 Å². The summed E-state index contributed by atoms with van der Waals surface area (Å²) in [5, 5.41) is 3.06. The van der Waals surface area contributed by atoms with Gasteiger partial charge in [0.15, 0.2) is 0 Å². The van der Waals surface area contributed by atoms with Crippen molar-refractivity contribution in [2.24, 2.45) is 5.41 Å². The van der Waals surface area contributed by atoms with E-state index >= 15 is 0 Å². The molecule has 0 aromatic heterocycles. The SMILES string of the molecule is CC(C)OCC(=O)NC(c1ccccc1)C(C)(C)C. The van der Waals surface area contributed by atoms with E-state index in [2.05, 4.69) is 26.1 Å². The van der Waals surface area contributed by atoms with Gasteiger partial charge < -0.3 is 10.1 Å². The van der Waals surface area contributed by atoms with Crippen LogP contribution in [-0.4, -0.2) is 18.6 Å². The van der Waals surface area contributed by atoms with E-state index < -0.39 is 0 Å². The van der Waals surface area contributed by atoms with Gasteiger partial charge in [-0.05, 0) is 24.8 Å². The molecule has 0 radical (unpaired) electrons. The van der Waals surface area contributed by atoms with Crippen molar-refractivity contribution in [1.29, 1.82) is 0 Å². The Morgan fingerprint density at radius 1 is 1.21 bits per heavy atom. The Bertz CT molecular complexity index is 393. The topological polar surface area (TPSA) is 38.3 Å². The van der Waals surface area contributed by atoms with Crippen LogP contribution < -0.4 is 5.32 Å². The van der Waals surface area contributed by atoms with Crippen LogP contribution in [0.15, 0.2) is 30.3 Å². The number of hydrogen-bond acceptors (Lipinski definition) is 2. The molecule has 0 fully saturated rings. The highest BCUT2D eigenvalue weighted by atomic mass is 16.5. The molecule has 19 heavy (non-hydrogen) atoms. The normalized spacial score (nSPS) is 13.4. The fourth-order valence-electron chi connectivity index (χ4n) is 1.89. The second kappa shape index (κ2) is 6.71. The Kier molecular flexibility index (Phi) is 5.55. The van der Waals surface area contributed by atoms with Gasteiger partial charge in [-0.1, -0.05) is 51.1 Å². The number of amides is 1. The zero-order chi connectivity index (χ0) is 14.5. The standard InChI is InChI=1S/C16H25NO2/c1-12(2)19-11-14(18)17-15(16(3,4)5)13-9-7-6-8-10-13/h6-10,12,15H,11H2,1-5H3,(H,17,18). The van der Waals surface area contributed by atoms with E-state index in [4.69, 9.17) is 4.74 Å². The summed E-state index contributed by atoms with van der Waals surface area (Å²) in [6.07, 6.45) is 0.0653. The van der Waals surface area contributed by atoms with Gasteiger partial charge in [0.05, 0.1) is 12.1 Å². The monoisotopic (exact) mass is 263 g/mol. The third-order valence-electron chi connectivity index (χ3n) is 2.85. The second-order valence-electron chi connectivity index (χ2n) is 6.14. The van der Waals surface area contributed by atoms with Crippen LogP contribution in [0.4, 0.5) is 0 Å². The molecule has 0 aliphatic rings. The van der Waals surface area contributed by atoms with E-state index in [1.54, 1.807) is 0 Å². The lowest BCUT2D eigenvalue weighted by molar-refractivity contribution is -0.128. The molecule has 1 aromatic rings. The first-order valence-electron chi connectivity index (χ1n) is 6.76. The van der Waals surface area contributed by atoms with Crippen molar-refractivity contribution in [2.45, 2.75) is 46.8 Å². The first-order valence-corrected chi connectivity index (χ1v) is 6.76. The van der Waals surface area contributed by atoms with Crippen LogP contribution in [0.3, 0.4) is 0 Å². The van der Waals surface area contributed by atoms with Crippen molar-refractivity contribution in [1.82, 2.24) is 5.32 Å².